The van der Waals surface area contributed by atoms with E-state index in [1.54, 1.807) is 6.92 Å². The first-order valence-electron chi connectivity index (χ1n) is 8.72. The summed E-state index contributed by atoms with van der Waals surface area (Å²) in [5.41, 5.74) is -0.703. The lowest BCUT2D eigenvalue weighted by atomic mass is 9.83. The number of alkyl halides is 3. The lowest BCUT2D eigenvalue weighted by Gasteiger charge is -2.23. The highest BCUT2D eigenvalue weighted by molar-refractivity contribution is 7.99. The summed E-state index contributed by atoms with van der Waals surface area (Å²) in [4.78, 5) is 17.4. The van der Waals surface area contributed by atoms with Gasteiger partial charge in [0.05, 0.1) is 16.8 Å². The summed E-state index contributed by atoms with van der Waals surface area (Å²) in [5, 5.41) is 14.0. The summed E-state index contributed by atoms with van der Waals surface area (Å²) >= 11 is 1.16. The molecule has 1 aromatic rings. The van der Waals surface area contributed by atoms with Crippen LogP contribution in [0.3, 0.4) is 0 Å². The molecule has 0 aromatic heterocycles. The van der Waals surface area contributed by atoms with E-state index in [-0.39, 0.29) is 29.5 Å². The van der Waals surface area contributed by atoms with Gasteiger partial charge >= 0.3 is 6.18 Å². The smallest absolute Gasteiger partial charge is 0.419 e. The molecule has 28 heavy (non-hydrogen) atoms. The Bertz CT molecular complexity index is 790. The third-order valence-corrected chi connectivity index (χ3v) is 5.41. The molecule has 2 rings (SSSR count). The second-order valence-corrected chi connectivity index (χ2v) is 7.54. The predicted octanol–water partition coefficient (Wildman–Crippen LogP) is 5.53. The van der Waals surface area contributed by atoms with E-state index in [0.717, 1.165) is 23.9 Å². The number of hydrogen-bond acceptors (Lipinski definition) is 5. The minimum atomic E-state index is -4.75. The molecule has 0 amide bonds. The fraction of sp³-hybridized carbons (Fsp3) is 0.474. The third-order valence-electron chi connectivity index (χ3n) is 4.39. The van der Waals surface area contributed by atoms with Gasteiger partial charge < -0.3 is 9.94 Å². The van der Waals surface area contributed by atoms with Gasteiger partial charge in [-0.25, -0.2) is 4.39 Å². The average molecular weight is 419 g/mol. The summed E-state index contributed by atoms with van der Waals surface area (Å²) < 4.78 is 51.7. The third kappa shape index (κ3) is 5.50. The number of halogens is 4. The fourth-order valence-electron chi connectivity index (χ4n) is 3.06. The number of Topliss-reactive ketones (excluding diaryl/α,β-unsaturated/α-hetero) is 1. The number of aliphatic hydroxyl groups is 1. The lowest BCUT2D eigenvalue weighted by Crippen LogP contribution is -2.24. The van der Waals surface area contributed by atoms with Gasteiger partial charge in [0.2, 0.25) is 0 Å². The maximum Gasteiger partial charge on any atom is 0.419 e. The van der Waals surface area contributed by atoms with E-state index in [2.05, 4.69) is 5.16 Å². The molecule has 1 unspecified atom stereocenters. The van der Waals surface area contributed by atoms with Crippen LogP contribution in [0.5, 0.6) is 0 Å². The van der Waals surface area contributed by atoms with Crippen molar-refractivity contribution in [1.82, 2.24) is 0 Å². The Kier molecular flexibility index (Phi) is 7.51. The van der Waals surface area contributed by atoms with E-state index < -0.39 is 17.6 Å². The highest BCUT2D eigenvalue weighted by atomic mass is 32.2. The predicted molar refractivity (Wildman–Crippen MR) is 98.9 cm³/mol. The quantitative estimate of drug-likeness (QED) is 0.273. The molecule has 0 fully saturated rings. The largest absolute Gasteiger partial charge is 0.511 e. The van der Waals surface area contributed by atoms with E-state index in [9.17, 15) is 27.5 Å². The van der Waals surface area contributed by atoms with Gasteiger partial charge in [0.15, 0.2) is 5.78 Å². The zero-order chi connectivity index (χ0) is 20.9. The van der Waals surface area contributed by atoms with Crippen LogP contribution in [0.4, 0.5) is 17.6 Å². The summed E-state index contributed by atoms with van der Waals surface area (Å²) in [5.74, 6) is -1.24. The molecule has 0 spiro atoms. The van der Waals surface area contributed by atoms with Crippen molar-refractivity contribution >= 4 is 23.3 Å². The van der Waals surface area contributed by atoms with E-state index in [1.807, 2.05) is 0 Å². The number of thioether (sulfide) groups is 1. The maximum absolute atomic E-state index is 13.3. The summed E-state index contributed by atoms with van der Waals surface area (Å²) in [6.45, 7) is 1.80. The van der Waals surface area contributed by atoms with E-state index >= 15 is 0 Å². The van der Waals surface area contributed by atoms with Gasteiger partial charge in [-0.1, -0.05) is 12.1 Å². The molecule has 0 heterocycles. The second kappa shape index (κ2) is 9.45. The molecule has 1 aliphatic rings. The topological polar surface area (TPSA) is 58.9 Å². The van der Waals surface area contributed by atoms with Crippen LogP contribution in [0.15, 0.2) is 39.6 Å². The lowest BCUT2D eigenvalue weighted by molar-refractivity contribution is -0.140. The number of carbonyl (C=O) groups is 1. The van der Waals surface area contributed by atoms with Gasteiger partial charge in [-0.05, 0) is 42.7 Å². The highest BCUT2D eigenvalue weighted by Gasteiger charge is 2.34. The first-order chi connectivity index (χ1) is 13.2. The standard InChI is InChI=1S/C19H21F4NO3S/c1-3-15(24-27-2)18-16(25)8-11(9-17(18)26)6-7-28-12-4-5-14(20)13(10-12)19(21,22)23/h4-5,10-11,25H,3,6-9H2,1-2H3. The van der Waals surface area contributed by atoms with Crippen molar-refractivity contribution in [2.75, 3.05) is 12.9 Å². The van der Waals surface area contributed by atoms with Crippen molar-refractivity contribution in [2.45, 2.75) is 43.7 Å². The maximum atomic E-state index is 13.3. The Balaban J connectivity index is 2.00. The number of rotatable bonds is 7. The van der Waals surface area contributed by atoms with Crippen LogP contribution < -0.4 is 0 Å². The SMILES string of the molecule is CCC(=NOC)C1=C(O)CC(CCSc2ccc(F)c(C(F)(F)F)c2)CC1=O. The normalized spacial score (nSPS) is 18.6. The van der Waals surface area contributed by atoms with Crippen molar-refractivity contribution in [3.05, 3.63) is 40.9 Å². The van der Waals surface area contributed by atoms with Crippen LogP contribution in [0, 0.1) is 11.7 Å². The Hall–Kier alpha value is -2.03. The number of oxime groups is 1. The molecule has 0 bridgehead atoms. The molecule has 9 heteroatoms. The zero-order valence-electron chi connectivity index (χ0n) is 15.5. The number of nitrogens with zero attached hydrogens (tertiary/aromatic N) is 1. The molecule has 0 saturated carbocycles. The first-order valence-corrected chi connectivity index (χ1v) is 9.71. The van der Waals surface area contributed by atoms with Gasteiger partial charge in [0.1, 0.15) is 18.7 Å². The van der Waals surface area contributed by atoms with E-state index in [1.165, 1.54) is 13.2 Å². The average Bonchev–Trinajstić information content (AvgIpc) is 2.60. The number of ketones is 1. The van der Waals surface area contributed by atoms with Crippen LogP contribution >= 0.6 is 11.8 Å². The monoisotopic (exact) mass is 419 g/mol. The molecule has 1 atom stereocenters. The number of aliphatic hydroxyl groups excluding tert-OH is 1. The molecular weight excluding hydrogens is 398 g/mol. The van der Waals surface area contributed by atoms with Crippen molar-refractivity contribution in [2.24, 2.45) is 11.1 Å². The number of benzene rings is 1. The Labute approximate surface area is 164 Å². The number of hydrogen-bond donors (Lipinski definition) is 1. The van der Waals surface area contributed by atoms with Crippen LogP contribution in [0.25, 0.3) is 0 Å². The van der Waals surface area contributed by atoms with Gasteiger partial charge in [0, 0.05) is 17.7 Å². The Morgan fingerprint density at radius 1 is 1.36 bits per heavy atom. The number of allylic oxidation sites excluding steroid dienone is 2. The van der Waals surface area contributed by atoms with Gasteiger partial charge in [0.25, 0.3) is 0 Å². The first kappa shape index (κ1) is 22.3. The fourth-order valence-corrected chi connectivity index (χ4v) is 4.11. The molecule has 1 N–H and O–H groups in total. The molecule has 0 saturated heterocycles. The molecule has 0 aliphatic heterocycles. The van der Waals surface area contributed by atoms with Crippen LogP contribution in [-0.4, -0.2) is 29.5 Å². The summed E-state index contributed by atoms with van der Waals surface area (Å²) in [6, 6.07) is 2.89. The van der Waals surface area contributed by atoms with Crippen molar-refractivity contribution in [3.8, 4) is 0 Å². The van der Waals surface area contributed by atoms with Crippen LogP contribution in [0.2, 0.25) is 0 Å². The van der Waals surface area contributed by atoms with Gasteiger partial charge in [-0.15, -0.1) is 11.8 Å². The van der Waals surface area contributed by atoms with E-state index in [4.69, 9.17) is 4.84 Å². The summed E-state index contributed by atoms with van der Waals surface area (Å²) in [6.07, 6.45) is -3.27. The molecule has 154 valence electrons. The van der Waals surface area contributed by atoms with Crippen LogP contribution in [-0.2, 0) is 15.8 Å². The Morgan fingerprint density at radius 3 is 2.64 bits per heavy atom. The van der Waals surface area contributed by atoms with E-state index in [0.29, 0.717) is 35.6 Å². The molecule has 1 aliphatic carbocycles. The molecule has 1 aromatic carbocycles. The molecule has 0 radical (unpaired) electrons. The van der Waals surface area contributed by atoms with Gasteiger partial charge in [-0.2, -0.15) is 13.2 Å². The van der Waals surface area contributed by atoms with Crippen LogP contribution in [0.1, 0.15) is 38.2 Å². The number of carbonyl (C=O) groups excluding carboxylic acids is 1. The van der Waals surface area contributed by atoms with Crippen molar-refractivity contribution in [1.29, 1.82) is 0 Å². The minimum absolute atomic E-state index is 0.0370. The second-order valence-electron chi connectivity index (χ2n) is 6.37. The van der Waals surface area contributed by atoms with Crippen molar-refractivity contribution < 1.29 is 32.3 Å². The molecule has 4 nitrogen and oxygen atoms in total. The Morgan fingerprint density at radius 2 is 2.07 bits per heavy atom. The minimum Gasteiger partial charge on any atom is -0.511 e. The van der Waals surface area contributed by atoms with Crippen molar-refractivity contribution in [3.63, 3.8) is 0 Å². The summed E-state index contributed by atoms with van der Waals surface area (Å²) in [7, 11) is 1.36. The highest BCUT2D eigenvalue weighted by Crippen LogP contribution is 2.35. The van der Waals surface area contributed by atoms with Gasteiger partial charge in [-0.3, -0.25) is 4.79 Å². The molecular formula is C19H21F4NO3S. The zero-order valence-corrected chi connectivity index (χ0v) is 16.3.